The summed E-state index contributed by atoms with van der Waals surface area (Å²) in [5, 5.41) is 3.13. The van der Waals surface area contributed by atoms with Crippen LogP contribution in [-0.4, -0.2) is 32.5 Å². The molecular weight excluding hydrogens is 222 g/mol. The molecule has 0 amide bonds. The molecule has 0 radical (unpaired) electrons. The lowest BCUT2D eigenvalue weighted by atomic mass is 10.1. The van der Waals surface area contributed by atoms with E-state index in [0.29, 0.717) is 17.7 Å². The lowest BCUT2D eigenvalue weighted by molar-refractivity contribution is 0.541. The standard InChI is InChI=1S/C12H23NO2S/c1-13-11-6-7-12(8-11)16(14,15)9-10-4-2-3-5-10/h10-13H,2-9H2,1H3. The first kappa shape index (κ1) is 12.4. The summed E-state index contributed by atoms with van der Waals surface area (Å²) in [7, 11) is -0.899. The van der Waals surface area contributed by atoms with Crippen molar-refractivity contribution < 1.29 is 8.42 Å². The Morgan fingerprint density at radius 2 is 1.81 bits per heavy atom. The minimum Gasteiger partial charge on any atom is -0.317 e. The number of hydrogen-bond acceptors (Lipinski definition) is 3. The maximum atomic E-state index is 12.2. The first-order valence-corrected chi connectivity index (χ1v) is 8.22. The molecule has 16 heavy (non-hydrogen) atoms. The summed E-state index contributed by atoms with van der Waals surface area (Å²) in [6.45, 7) is 0. The zero-order chi connectivity index (χ0) is 11.6. The van der Waals surface area contributed by atoms with Gasteiger partial charge < -0.3 is 5.32 Å². The van der Waals surface area contributed by atoms with Gasteiger partial charge in [0.15, 0.2) is 9.84 Å². The molecule has 4 heteroatoms. The van der Waals surface area contributed by atoms with E-state index in [1.165, 1.54) is 12.8 Å². The smallest absolute Gasteiger partial charge is 0.153 e. The van der Waals surface area contributed by atoms with E-state index in [4.69, 9.17) is 0 Å². The molecule has 2 rings (SSSR count). The predicted molar refractivity (Wildman–Crippen MR) is 66.2 cm³/mol. The van der Waals surface area contributed by atoms with Crippen molar-refractivity contribution in [1.82, 2.24) is 5.32 Å². The molecule has 2 aliphatic carbocycles. The second kappa shape index (κ2) is 5.05. The monoisotopic (exact) mass is 245 g/mol. The van der Waals surface area contributed by atoms with Gasteiger partial charge in [-0.1, -0.05) is 12.8 Å². The third-order valence-corrected chi connectivity index (χ3v) is 6.62. The third-order valence-electron chi connectivity index (χ3n) is 4.24. The van der Waals surface area contributed by atoms with Gasteiger partial charge in [-0.3, -0.25) is 0 Å². The Bertz CT molecular complexity index is 320. The van der Waals surface area contributed by atoms with Crippen molar-refractivity contribution in [3.63, 3.8) is 0 Å². The van der Waals surface area contributed by atoms with Gasteiger partial charge in [-0.25, -0.2) is 8.42 Å². The van der Waals surface area contributed by atoms with Crippen LogP contribution in [0.4, 0.5) is 0 Å². The Morgan fingerprint density at radius 1 is 1.12 bits per heavy atom. The second-order valence-electron chi connectivity index (χ2n) is 5.40. The predicted octanol–water partition coefficient (Wildman–Crippen LogP) is 1.73. The highest BCUT2D eigenvalue weighted by Gasteiger charge is 2.35. The van der Waals surface area contributed by atoms with Crippen LogP contribution in [0.2, 0.25) is 0 Å². The first-order valence-electron chi connectivity index (χ1n) is 6.50. The van der Waals surface area contributed by atoms with Crippen LogP contribution < -0.4 is 5.32 Å². The van der Waals surface area contributed by atoms with Crippen LogP contribution in [0, 0.1) is 5.92 Å². The summed E-state index contributed by atoms with van der Waals surface area (Å²) in [6, 6.07) is 0.420. The van der Waals surface area contributed by atoms with Crippen LogP contribution >= 0.6 is 0 Å². The van der Waals surface area contributed by atoms with E-state index < -0.39 is 9.84 Å². The van der Waals surface area contributed by atoms with Crippen LogP contribution in [0.1, 0.15) is 44.9 Å². The number of sulfone groups is 1. The van der Waals surface area contributed by atoms with Crippen LogP contribution in [0.15, 0.2) is 0 Å². The van der Waals surface area contributed by atoms with Gasteiger partial charge in [0.2, 0.25) is 0 Å². The summed E-state index contributed by atoms with van der Waals surface area (Å²) in [6.07, 6.45) is 7.41. The molecule has 0 spiro atoms. The second-order valence-corrected chi connectivity index (χ2v) is 7.73. The van der Waals surface area contributed by atoms with Gasteiger partial charge in [0.1, 0.15) is 0 Å². The van der Waals surface area contributed by atoms with Crippen molar-refractivity contribution in [2.24, 2.45) is 5.92 Å². The van der Waals surface area contributed by atoms with Gasteiger partial charge in [-0.05, 0) is 45.1 Å². The lowest BCUT2D eigenvalue weighted by Crippen LogP contribution is -2.28. The molecule has 0 aliphatic heterocycles. The normalized spacial score (nSPS) is 32.3. The Balaban J connectivity index is 1.91. The highest BCUT2D eigenvalue weighted by molar-refractivity contribution is 7.92. The Morgan fingerprint density at radius 3 is 2.38 bits per heavy atom. The summed E-state index contributed by atoms with van der Waals surface area (Å²) in [5.74, 6) is 0.910. The largest absolute Gasteiger partial charge is 0.317 e. The number of nitrogens with one attached hydrogen (secondary N) is 1. The summed E-state index contributed by atoms with van der Waals surface area (Å²) in [4.78, 5) is 0. The quantitative estimate of drug-likeness (QED) is 0.820. The third kappa shape index (κ3) is 2.77. The zero-order valence-electron chi connectivity index (χ0n) is 10.1. The summed E-state index contributed by atoms with van der Waals surface area (Å²) < 4.78 is 24.4. The van der Waals surface area contributed by atoms with E-state index in [0.717, 1.165) is 32.1 Å². The van der Waals surface area contributed by atoms with Crippen molar-refractivity contribution in [3.05, 3.63) is 0 Å². The van der Waals surface area contributed by atoms with Gasteiger partial charge in [0.25, 0.3) is 0 Å². The molecule has 2 aliphatic rings. The molecule has 0 bridgehead atoms. The minimum absolute atomic E-state index is 0.0643. The zero-order valence-corrected chi connectivity index (χ0v) is 10.9. The van der Waals surface area contributed by atoms with Gasteiger partial charge >= 0.3 is 0 Å². The fraction of sp³-hybridized carbons (Fsp3) is 1.00. The molecule has 2 saturated carbocycles. The highest BCUT2D eigenvalue weighted by atomic mass is 32.2. The van der Waals surface area contributed by atoms with E-state index in [1.54, 1.807) is 0 Å². The van der Waals surface area contributed by atoms with Crippen molar-refractivity contribution >= 4 is 9.84 Å². The lowest BCUT2D eigenvalue weighted by Gasteiger charge is -2.15. The van der Waals surface area contributed by atoms with Crippen LogP contribution in [0.5, 0.6) is 0 Å². The fourth-order valence-corrected chi connectivity index (χ4v) is 5.45. The fourth-order valence-electron chi connectivity index (χ4n) is 3.17. The van der Waals surface area contributed by atoms with E-state index in [2.05, 4.69) is 5.32 Å². The van der Waals surface area contributed by atoms with Crippen molar-refractivity contribution in [2.75, 3.05) is 12.8 Å². The average Bonchev–Trinajstić information content (AvgIpc) is 2.85. The molecule has 2 atom stereocenters. The highest BCUT2D eigenvalue weighted by Crippen LogP contribution is 2.31. The molecule has 94 valence electrons. The Hall–Kier alpha value is -0.0900. The van der Waals surface area contributed by atoms with Gasteiger partial charge in [-0.2, -0.15) is 0 Å². The molecule has 0 aromatic heterocycles. The topological polar surface area (TPSA) is 46.2 Å². The van der Waals surface area contributed by atoms with E-state index in [1.807, 2.05) is 7.05 Å². The van der Waals surface area contributed by atoms with Gasteiger partial charge in [0.05, 0.1) is 11.0 Å². The molecule has 3 nitrogen and oxygen atoms in total. The minimum atomic E-state index is -2.83. The van der Waals surface area contributed by atoms with E-state index in [9.17, 15) is 8.42 Å². The van der Waals surface area contributed by atoms with E-state index >= 15 is 0 Å². The van der Waals surface area contributed by atoms with Crippen LogP contribution in [0.3, 0.4) is 0 Å². The van der Waals surface area contributed by atoms with Crippen LogP contribution in [-0.2, 0) is 9.84 Å². The molecule has 0 heterocycles. The molecule has 1 N–H and O–H groups in total. The molecule has 0 aromatic carbocycles. The molecule has 0 aromatic rings. The van der Waals surface area contributed by atoms with Crippen molar-refractivity contribution in [1.29, 1.82) is 0 Å². The molecular formula is C12H23NO2S. The van der Waals surface area contributed by atoms with Crippen molar-refractivity contribution in [3.8, 4) is 0 Å². The first-order chi connectivity index (χ1) is 7.62. The SMILES string of the molecule is CNC1CCC(S(=O)(=O)CC2CCCC2)C1. The summed E-state index contributed by atoms with van der Waals surface area (Å²) >= 11 is 0. The van der Waals surface area contributed by atoms with Gasteiger partial charge in [-0.15, -0.1) is 0 Å². The average molecular weight is 245 g/mol. The maximum absolute atomic E-state index is 12.2. The van der Waals surface area contributed by atoms with Crippen molar-refractivity contribution in [2.45, 2.75) is 56.2 Å². The van der Waals surface area contributed by atoms with Gasteiger partial charge in [0, 0.05) is 6.04 Å². The molecule has 2 fully saturated rings. The maximum Gasteiger partial charge on any atom is 0.153 e. The molecule has 0 saturated heterocycles. The van der Waals surface area contributed by atoms with E-state index in [-0.39, 0.29) is 5.25 Å². The number of hydrogen-bond donors (Lipinski definition) is 1. The Labute approximate surface area is 98.9 Å². The summed E-state index contributed by atoms with van der Waals surface area (Å²) in [5.41, 5.74) is 0. The number of rotatable bonds is 4. The molecule has 2 unspecified atom stereocenters. The Kier molecular flexibility index (Phi) is 3.90. The van der Waals surface area contributed by atoms with Crippen LogP contribution in [0.25, 0.3) is 0 Å².